The second-order valence-corrected chi connectivity index (χ2v) is 5.65. The smallest absolute Gasteiger partial charge is 0.391 e. The molecule has 0 bridgehead atoms. The Labute approximate surface area is 121 Å². The first-order valence-corrected chi connectivity index (χ1v) is 7.11. The molecule has 1 aliphatic carbocycles. The summed E-state index contributed by atoms with van der Waals surface area (Å²) in [5.74, 6) is -0.895. The topological polar surface area (TPSA) is 46.2 Å². The Morgan fingerprint density at radius 3 is 2.33 bits per heavy atom. The molecule has 0 aromatic heterocycles. The molecule has 21 heavy (non-hydrogen) atoms. The van der Waals surface area contributed by atoms with Gasteiger partial charge in [0.25, 0.3) is 0 Å². The van der Waals surface area contributed by atoms with Crippen molar-refractivity contribution >= 4 is 0 Å². The van der Waals surface area contributed by atoms with E-state index in [0.29, 0.717) is 12.1 Å². The first-order chi connectivity index (χ1) is 9.80. The third-order valence-corrected chi connectivity index (χ3v) is 4.18. The normalized spacial score (nSPS) is 20.3. The van der Waals surface area contributed by atoms with Gasteiger partial charge in [0.15, 0.2) is 0 Å². The lowest BCUT2D eigenvalue weighted by Gasteiger charge is -2.31. The molecule has 1 aromatic rings. The van der Waals surface area contributed by atoms with Gasteiger partial charge in [0, 0.05) is 5.56 Å². The second-order valence-electron chi connectivity index (χ2n) is 5.65. The number of nitrogens with two attached hydrogens (primary N) is 1. The molecule has 1 saturated carbocycles. The van der Waals surface area contributed by atoms with Gasteiger partial charge in [0.2, 0.25) is 0 Å². The Hall–Kier alpha value is -1.14. The number of aliphatic hydroxyl groups excluding tert-OH is 1. The Morgan fingerprint density at radius 1 is 1.14 bits per heavy atom. The number of hydrogen-bond donors (Lipinski definition) is 2. The molecule has 1 aliphatic rings. The molecule has 2 nitrogen and oxygen atoms in total. The van der Waals surface area contributed by atoms with Crippen molar-refractivity contribution < 1.29 is 22.7 Å². The van der Waals surface area contributed by atoms with Gasteiger partial charge in [-0.2, -0.15) is 13.2 Å². The van der Waals surface area contributed by atoms with Gasteiger partial charge in [0.05, 0.1) is 17.7 Å². The highest BCUT2D eigenvalue weighted by Gasteiger charge is 2.34. The van der Waals surface area contributed by atoms with E-state index < -0.39 is 29.7 Å². The van der Waals surface area contributed by atoms with Crippen LogP contribution in [0.15, 0.2) is 18.2 Å². The molecule has 0 spiro atoms. The molecule has 2 rings (SSSR count). The van der Waals surface area contributed by atoms with Crippen molar-refractivity contribution in [2.45, 2.75) is 50.4 Å². The van der Waals surface area contributed by atoms with E-state index in [-0.39, 0.29) is 11.5 Å². The summed E-state index contributed by atoms with van der Waals surface area (Å²) in [7, 11) is 0. The third kappa shape index (κ3) is 3.74. The number of benzene rings is 1. The van der Waals surface area contributed by atoms with E-state index in [1.807, 2.05) is 0 Å². The van der Waals surface area contributed by atoms with E-state index in [0.717, 1.165) is 38.2 Å². The molecule has 118 valence electrons. The van der Waals surface area contributed by atoms with Crippen molar-refractivity contribution in [1.29, 1.82) is 0 Å². The Balaban J connectivity index is 2.23. The highest BCUT2D eigenvalue weighted by molar-refractivity contribution is 5.30. The SMILES string of the molecule is N[C@@H](c1cc(C(F)(F)F)ccc1F)[C@H](O)C1CCCCC1. The first-order valence-electron chi connectivity index (χ1n) is 7.11. The molecule has 0 aliphatic heterocycles. The van der Waals surface area contributed by atoms with Crippen LogP contribution in [-0.2, 0) is 6.18 Å². The van der Waals surface area contributed by atoms with Crippen molar-refractivity contribution in [3.05, 3.63) is 35.1 Å². The number of aliphatic hydroxyl groups is 1. The summed E-state index contributed by atoms with van der Waals surface area (Å²) in [6.45, 7) is 0. The van der Waals surface area contributed by atoms with Gasteiger partial charge >= 0.3 is 6.18 Å². The van der Waals surface area contributed by atoms with E-state index in [2.05, 4.69) is 0 Å². The predicted octanol–water partition coefficient (Wildman–Crippen LogP) is 3.79. The largest absolute Gasteiger partial charge is 0.416 e. The van der Waals surface area contributed by atoms with Crippen molar-refractivity contribution in [2.75, 3.05) is 0 Å². The zero-order valence-corrected chi connectivity index (χ0v) is 11.5. The molecule has 0 saturated heterocycles. The van der Waals surface area contributed by atoms with Crippen molar-refractivity contribution in [2.24, 2.45) is 11.7 Å². The summed E-state index contributed by atoms with van der Waals surface area (Å²) < 4.78 is 51.9. The van der Waals surface area contributed by atoms with Gasteiger partial charge in [-0.25, -0.2) is 4.39 Å². The van der Waals surface area contributed by atoms with Crippen molar-refractivity contribution in [3.8, 4) is 0 Å². The molecule has 1 fully saturated rings. The average Bonchev–Trinajstić information content (AvgIpc) is 2.46. The maximum Gasteiger partial charge on any atom is 0.416 e. The highest BCUT2D eigenvalue weighted by Crippen LogP contribution is 2.35. The zero-order valence-electron chi connectivity index (χ0n) is 11.5. The first kappa shape index (κ1) is 16.2. The van der Waals surface area contributed by atoms with Crippen LogP contribution < -0.4 is 5.73 Å². The van der Waals surface area contributed by atoms with Crippen LogP contribution in [0.3, 0.4) is 0 Å². The number of rotatable bonds is 3. The number of hydrogen-bond acceptors (Lipinski definition) is 2. The fourth-order valence-corrected chi connectivity index (χ4v) is 2.93. The molecule has 0 heterocycles. The van der Waals surface area contributed by atoms with Crippen LogP contribution in [0.25, 0.3) is 0 Å². The fraction of sp³-hybridized carbons (Fsp3) is 0.600. The maximum atomic E-state index is 13.8. The lowest BCUT2D eigenvalue weighted by atomic mass is 9.81. The van der Waals surface area contributed by atoms with Crippen LogP contribution in [-0.4, -0.2) is 11.2 Å². The summed E-state index contributed by atoms with van der Waals surface area (Å²) in [6.07, 6.45) is -1.04. The van der Waals surface area contributed by atoms with Gasteiger partial charge in [0.1, 0.15) is 5.82 Å². The van der Waals surface area contributed by atoms with E-state index in [1.165, 1.54) is 0 Å². The molecule has 3 N–H and O–H groups in total. The molecular formula is C15H19F4NO. The molecular weight excluding hydrogens is 286 g/mol. The van der Waals surface area contributed by atoms with Crippen LogP contribution in [0.2, 0.25) is 0 Å². The molecule has 1 aromatic carbocycles. The number of halogens is 4. The molecule has 0 radical (unpaired) electrons. The van der Waals surface area contributed by atoms with Crippen LogP contribution in [0.1, 0.15) is 49.3 Å². The van der Waals surface area contributed by atoms with Crippen LogP contribution in [0.5, 0.6) is 0 Å². The minimum atomic E-state index is -4.56. The van der Waals surface area contributed by atoms with Gasteiger partial charge in [-0.3, -0.25) is 0 Å². The zero-order chi connectivity index (χ0) is 15.6. The van der Waals surface area contributed by atoms with Gasteiger partial charge in [-0.15, -0.1) is 0 Å². The number of alkyl halides is 3. The maximum absolute atomic E-state index is 13.8. The Bertz CT molecular complexity index is 483. The molecule has 2 atom stereocenters. The second kappa shape index (κ2) is 6.32. The Kier molecular flexibility index (Phi) is 4.88. The van der Waals surface area contributed by atoms with E-state index in [9.17, 15) is 22.7 Å². The minimum Gasteiger partial charge on any atom is -0.391 e. The summed E-state index contributed by atoms with van der Waals surface area (Å²) in [5.41, 5.74) is 4.60. The van der Waals surface area contributed by atoms with E-state index in [1.54, 1.807) is 0 Å². The molecule has 0 unspecified atom stereocenters. The van der Waals surface area contributed by atoms with Crippen LogP contribution >= 0.6 is 0 Å². The lowest BCUT2D eigenvalue weighted by Crippen LogP contribution is -2.35. The highest BCUT2D eigenvalue weighted by atomic mass is 19.4. The van der Waals surface area contributed by atoms with Gasteiger partial charge in [-0.1, -0.05) is 19.3 Å². The summed E-state index contributed by atoms with van der Waals surface area (Å²) >= 11 is 0. The fourth-order valence-electron chi connectivity index (χ4n) is 2.93. The quantitative estimate of drug-likeness (QED) is 0.835. The Morgan fingerprint density at radius 2 is 1.76 bits per heavy atom. The summed E-state index contributed by atoms with van der Waals surface area (Å²) in [5, 5.41) is 10.2. The monoisotopic (exact) mass is 305 g/mol. The molecule has 0 amide bonds. The van der Waals surface area contributed by atoms with Gasteiger partial charge in [-0.05, 0) is 37.0 Å². The van der Waals surface area contributed by atoms with E-state index in [4.69, 9.17) is 5.73 Å². The summed E-state index contributed by atoms with van der Waals surface area (Å²) in [4.78, 5) is 0. The molecule has 6 heteroatoms. The van der Waals surface area contributed by atoms with Crippen LogP contribution in [0, 0.1) is 11.7 Å². The minimum absolute atomic E-state index is 0.0808. The van der Waals surface area contributed by atoms with Crippen molar-refractivity contribution in [3.63, 3.8) is 0 Å². The lowest BCUT2D eigenvalue weighted by molar-refractivity contribution is -0.137. The van der Waals surface area contributed by atoms with Crippen molar-refractivity contribution in [1.82, 2.24) is 0 Å². The van der Waals surface area contributed by atoms with E-state index >= 15 is 0 Å². The summed E-state index contributed by atoms with van der Waals surface area (Å²) in [6, 6.07) is 0.992. The standard InChI is InChI=1S/C15H19F4NO/c16-12-7-6-10(15(17,18)19)8-11(12)13(20)14(21)9-4-2-1-3-5-9/h6-9,13-14,21H,1-5,20H2/t13-,14+/m0/s1. The average molecular weight is 305 g/mol. The van der Waals surface area contributed by atoms with Gasteiger partial charge < -0.3 is 10.8 Å². The van der Waals surface area contributed by atoms with Crippen LogP contribution in [0.4, 0.5) is 17.6 Å². The third-order valence-electron chi connectivity index (χ3n) is 4.18. The predicted molar refractivity (Wildman–Crippen MR) is 70.9 cm³/mol.